The number of anilines is 1. The molecule has 1 aliphatic rings. The molecule has 1 aromatic heterocycles. The molecule has 16 heavy (non-hydrogen) atoms. The predicted octanol–water partition coefficient (Wildman–Crippen LogP) is 2.10. The van der Waals surface area contributed by atoms with Gasteiger partial charge in [0, 0.05) is 25.6 Å². The van der Waals surface area contributed by atoms with Gasteiger partial charge < -0.3 is 10.1 Å². The molecule has 0 radical (unpaired) electrons. The molecule has 0 amide bonds. The summed E-state index contributed by atoms with van der Waals surface area (Å²) in [5, 5.41) is 4.01. The van der Waals surface area contributed by atoms with Crippen LogP contribution in [0.3, 0.4) is 0 Å². The zero-order valence-electron chi connectivity index (χ0n) is 9.69. The van der Waals surface area contributed by atoms with Gasteiger partial charge in [-0.05, 0) is 25.3 Å². The van der Waals surface area contributed by atoms with Crippen LogP contribution in [0.15, 0.2) is 11.2 Å². The van der Waals surface area contributed by atoms with Crippen molar-refractivity contribution in [3.05, 3.63) is 11.8 Å². The maximum Gasteiger partial charge on any atom is 0.223 e. The molecular formula is C11H17N3OS. The van der Waals surface area contributed by atoms with Crippen molar-refractivity contribution < 1.29 is 4.74 Å². The summed E-state index contributed by atoms with van der Waals surface area (Å²) in [4.78, 5) is 8.61. The number of aryl methyl sites for hydroxylation is 1. The van der Waals surface area contributed by atoms with E-state index in [9.17, 15) is 0 Å². The largest absolute Gasteiger partial charge is 0.377 e. The molecule has 1 unspecified atom stereocenters. The lowest BCUT2D eigenvalue weighted by atomic mass is 10.3. The molecule has 1 aliphatic heterocycles. The maximum absolute atomic E-state index is 5.59. The van der Waals surface area contributed by atoms with E-state index in [0.717, 1.165) is 22.9 Å². The summed E-state index contributed by atoms with van der Waals surface area (Å²) in [5.41, 5.74) is 1.13. The van der Waals surface area contributed by atoms with E-state index in [2.05, 4.69) is 15.3 Å². The third-order valence-electron chi connectivity index (χ3n) is 2.58. The van der Waals surface area contributed by atoms with Crippen molar-refractivity contribution in [1.82, 2.24) is 9.97 Å². The molecule has 1 aromatic rings. The summed E-state index contributed by atoms with van der Waals surface area (Å²) in [6, 6.07) is 0. The number of thioether (sulfide) groups is 1. The van der Waals surface area contributed by atoms with E-state index in [0.29, 0.717) is 12.1 Å². The highest BCUT2D eigenvalue weighted by molar-refractivity contribution is 7.99. The average Bonchev–Trinajstić information content (AvgIpc) is 2.81. The molecule has 88 valence electrons. The number of nitrogens with one attached hydrogen (secondary N) is 1. The molecule has 1 N–H and O–H groups in total. The predicted molar refractivity (Wildman–Crippen MR) is 66.0 cm³/mol. The van der Waals surface area contributed by atoms with Crippen LogP contribution in [0.5, 0.6) is 0 Å². The Morgan fingerprint density at radius 1 is 1.62 bits per heavy atom. The van der Waals surface area contributed by atoms with Gasteiger partial charge in [-0.2, -0.15) is 0 Å². The summed E-state index contributed by atoms with van der Waals surface area (Å²) in [6.45, 7) is 2.95. The highest BCUT2D eigenvalue weighted by atomic mass is 32.2. The van der Waals surface area contributed by atoms with Crippen LogP contribution < -0.4 is 5.32 Å². The Morgan fingerprint density at radius 2 is 2.50 bits per heavy atom. The molecule has 5 heteroatoms. The molecule has 1 atom stereocenters. The minimum Gasteiger partial charge on any atom is -0.377 e. The quantitative estimate of drug-likeness (QED) is 0.644. The number of ether oxygens (including phenoxy) is 1. The normalized spacial score (nSPS) is 20.0. The Labute approximate surface area is 100 Å². The summed E-state index contributed by atoms with van der Waals surface area (Å²) < 4.78 is 5.59. The Kier molecular flexibility index (Phi) is 4.01. The first kappa shape index (κ1) is 11.7. The maximum atomic E-state index is 5.59. The summed E-state index contributed by atoms with van der Waals surface area (Å²) in [6.07, 6.45) is 4.63. The second-order valence-electron chi connectivity index (χ2n) is 3.88. The molecule has 0 aromatic carbocycles. The van der Waals surface area contributed by atoms with Gasteiger partial charge in [0.15, 0.2) is 0 Å². The molecule has 0 aliphatic carbocycles. The van der Waals surface area contributed by atoms with Gasteiger partial charge in [0.1, 0.15) is 5.03 Å². The van der Waals surface area contributed by atoms with E-state index < -0.39 is 0 Å². The second-order valence-corrected chi connectivity index (χ2v) is 4.89. The minimum absolute atomic E-state index is 0.400. The van der Waals surface area contributed by atoms with Crippen molar-refractivity contribution in [2.75, 3.05) is 24.7 Å². The van der Waals surface area contributed by atoms with Gasteiger partial charge in [-0.3, -0.25) is 0 Å². The lowest BCUT2D eigenvalue weighted by molar-refractivity contribution is 0.129. The van der Waals surface area contributed by atoms with Gasteiger partial charge in [-0.1, -0.05) is 0 Å². The molecule has 1 saturated heterocycles. The van der Waals surface area contributed by atoms with E-state index >= 15 is 0 Å². The third kappa shape index (κ3) is 2.86. The van der Waals surface area contributed by atoms with Crippen molar-refractivity contribution in [2.45, 2.75) is 30.9 Å². The number of hydrogen-bond acceptors (Lipinski definition) is 5. The fourth-order valence-corrected chi connectivity index (χ4v) is 2.68. The molecule has 2 rings (SSSR count). The Hall–Kier alpha value is -0.810. The van der Waals surface area contributed by atoms with E-state index in [1.165, 1.54) is 12.8 Å². The lowest BCUT2D eigenvalue weighted by Gasteiger charge is -2.10. The standard InChI is InChI=1S/C11H17N3OS/c1-8-6-13-11(12-2)14-10(8)16-7-9-4-3-5-15-9/h6,9H,3-5,7H2,1-2H3,(H,12,13,14). The number of rotatable bonds is 4. The van der Waals surface area contributed by atoms with Gasteiger partial charge in [-0.25, -0.2) is 9.97 Å². The van der Waals surface area contributed by atoms with Gasteiger partial charge in [0.25, 0.3) is 0 Å². The van der Waals surface area contributed by atoms with Crippen LogP contribution in [-0.2, 0) is 4.74 Å². The van der Waals surface area contributed by atoms with Crippen LogP contribution in [0.4, 0.5) is 5.95 Å². The zero-order valence-corrected chi connectivity index (χ0v) is 10.5. The van der Waals surface area contributed by atoms with Crippen LogP contribution in [-0.4, -0.2) is 35.5 Å². The minimum atomic E-state index is 0.400. The first-order chi connectivity index (χ1) is 7.79. The number of hydrogen-bond donors (Lipinski definition) is 1. The summed E-state index contributed by atoms with van der Waals surface area (Å²) in [5.74, 6) is 1.67. The summed E-state index contributed by atoms with van der Waals surface area (Å²) >= 11 is 1.76. The van der Waals surface area contributed by atoms with Crippen LogP contribution >= 0.6 is 11.8 Å². The zero-order chi connectivity index (χ0) is 11.4. The van der Waals surface area contributed by atoms with E-state index in [4.69, 9.17) is 4.74 Å². The molecule has 1 fully saturated rings. The smallest absolute Gasteiger partial charge is 0.223 e. The first-order valence-corrected chi connectivity index (χ1v) is 6.54. The van der Waals surface area contributed by atoms with Crippen LogP contribution in [0.2, 0.25) is 0 Å². The monoisotopic (exact) mass is 239 g/mol. The van der Waals surface area contributed by atoms with Crippen LogP contribution in [0, 0.1) is 6.92 Å². The summed E-state index contributed by atoms with van der Waals surface area (Å²) in [7, 11) is 1.83. The van der Waals surface area contributed by atoms with Crippen molar-refractivity contribution >= 4 is 17.7 Å². The van der Waals surface area contributed by atoms with Crippen LogP contribution in [0.1, 0.15) is 18.4 Å². The lowest BCUT2D eigenvalue weighted by Crippen LogP contribution is -2.08. The van der Waals surface area contributed by atoms with Crippen LogP contribution in [0.25, 0.3) is 0 Å². The molecule has 2 heterocycles. The van der Waals surface area contributed by atoms with E-state index in [1.54, 1.807) is 11.8 Å². The first-order valence-electron chi connectivity index (χ1n) is 5.55. The Balaban J connectivity index is 1.96. The average molecular weight is 239 g/mol. The Bertz CT molecular complexity index is 353. The fourth-order valence-electron chi connectivity index (χ4n) is 1.64. The second kappa shape index (κ2) is 5.50. The number of aromatic nitrogens is 2. The van der Waals surface area contributed by atoms with Crippen molar-refractivity contribution in [1.29, 1.82) is 0 Å². The van der Waals surface area contributed by atoms with E-state index in [-0.39, 0.29) is 0 Å². The fraction of sp³-hybridized carbons (Fsp3) is 0.636. The Morgan fingerprint density at radius 3 is 3.19 bits per heavy atom. The van der Waals surface area contributed by atoms with Crippen molar-refractivity contribution in [3.8, 4) is 0 Å². The highest BCUT2D eigenvalue weighted by Crippen LogP contribution is 2.25. The van der Waals surface area contributed by atoms with Gasteiger partial charge >= 0.3 is 0 Å². The van der Waals surface area contributed by atoms with E-state index in [1.807, 2.05) is 20.2 Å². The van der Waals surface area contributed by atoms with Gasteiger partial charge in [0.05, 0.1) is 6.10 Å². The van der Waals surface area contributed by atoms with Crippen molar-refractivity contribution in [2.24, 2.45) is 0 Å². The van der Waals surface area contributed by atoms with Gasteiger partial charge in [0.2, 0.25) is 5.95 Å². The topological polar surface area (TPSA) is 47.0 Å². The molecular weight excluding hydrogens is 222 g/mol. The van der Waals surface area contributed by atoms with Gasteiger partial charge in [-0.15, -0.1) is 11.8 Å². The molecule has 0 spiro atoms. The third-order valence-corrected chi connectivity index (χ3v) is 3.80. The number of nitrogens with zero attached hydrogens (tertiary/aromatic N) is 2. The van der Waals surface area contributed by atoms with Crippen molar-refractivity contribution in [3.63, 3.8) is 0 Å². The molecule has 0 bridgehead atoms. The highest BCUT2D eigenvalue weighted by Gasteiger charge is 2.16. The molecule has 0 saturated carbocycles. The SMILES string of the molecule is CNc1ncc(C)c(SCC2CCCO2)n1. The molecule has 4 nitrogen and oxygen atoms in total.